The molecular weight excluding hydrogens is 228 g/mol. The lowest BCUT2D eigenvalue weighted by atomic mass is 10.0. The van der Waals surface area contributed by atoms with Crippen LogP contribution in [0, 0.1) is 13.8 Å². The van der Waals surface area contributed by atoms with Crippen LogP contribution < -0.4 is 4.90 Å². The van der Waals surface area contributed by atoms with E-state index in [1.54, 1.807) is 7.11 Å². The Morgan fingerprint density at radius 2 is 2.06 bits per heavy atom. The molecule has 4 heteroatoms. The zero-order chi connectivity index (χ0) is 13.1. The fourth-order valence-electron chi connectivity index (χ4n) is 2.60. The molecule has 0 unspecified atom stereocenters. The number of hydrogen-bond acceptors (Lipinski definition) is 4. The molecule has 0 aliphatic carbocycles. The molecule has 0 radical (unpaired) electrons. The summed E-state index contributed by atoms with van der Waals surface area (Å²) in [6.07, 6.45) is 2.41. The maximum Gasteiger partial charge on any atom is 0.134 e. The fraction of sp³-hybridized carbons (Fsp3) is 0.643. The lowest BCUT2D eigenvalue weighted by Gasteiger charge is -2.33. The van der Waals surface area contributed by atoms with Gasteiger partial charge in [-0.2, -0.15) is 0 Å². The van der Waals surface area contributed by atoms with Gasteiger partial charge in [-0.15, -0.1) is 0 Å². The topological polar surface area (TPSA) is 45.6 Å². The highest BCUT2D eigenvalue weighted by atomic mass is 16.5. The Kier molecular flexibility index (Phi) is 4.19. The molecule has 4 nitrogen and oxygen atoms in total. The molecule has 18 heavy (non-hydrogen) atoms. The van der Waals surface area contributed by atoms with Gasteiger partial charge in [0.1, 0.15) is 5.82 Å². The highest BCUT2D eigenvalue weighted by Gasteiger charge is 2.22. The van der Waals surface area contributed by atoms with Crippen molar-refractivity contribution in [2.75, 3.05) is 25.1 Å². The van der Waals surface area contributed by atoms with Crippen LogP contribution in [0.1, 0.15) is 29.7 Å². The number of rotatable bonds is 3. The number of pyridine rings is 1. The molecule has 1 aliphatic heterocycles. The van der Waals surface area contributed by atoms with Crippen LogP contribution in [0.15, 0.2) is 6.07 Å². The molecule has 0 bridgehead atoms. The minimum absolute atomic E-state index is 0.0542. The van der Waals surface area contributed by atoms with Gasteiger partial charge in [-0.3, -0.25) is 0 Å². The second-order valence-electron chi connectivity index (χ2n) is 4.96. The smallest absolute Gasteiger partial charge is 0.134 e. The Labute approximate surface area is 109 Å². The fourth-order valence-corrected chi connectivity index (χ4v) is 2.60. The quantitative estimate of drug-likeness (QED) is 0.888. The highest BCUT2D eigenvalue weighted by Crippen LogP contribution is 2.26. The average molecular weight is 250 g/mol. The van der Waals surface area contributed by atoms with E-state index in [1.807, 2.05) is 19.9 Å². The zero-order valence-corrected chi connectivity index (χ0v) is 11.4. The standard InChI is InChI=1S/C14H22N2O2/c1-10-8-11(2)15-14(13(10)9-17)16-6-4-12(18-3)5-7-16/h8,12,17H,4-7,9H2,1-3H3. The highest BCUT2D eigenvalue weighted by molar-refractivity contribution is 5.51. The van der Waals surface area contributed by atoms with E-state index in [4.69, 9.17) is 4.74 Å². The van der Waals surface area contributed by atoms with Gasteiger partial charge in [0.15, 0.2) is 0 Å². The number of nitrogens with zero attached hydrogens (tertiary/aromatic N) is 2. The minimum atomic E-state index is 0.0542. The number of anilines is 1. The second-order valence-corrected chi connectivity index (χ2v) is 4.96. The van der Waals surface area contributed by atoms with Gasteiger partial charge in [0.25, 0.3) is 0 Å². The van der Waals surface area contributed by atoms with E-state index < -0.39 is 0 Å². The molecule has 1 aliphatic rings. The van der Waals surface area contributed by atoms with E-state index in [1.165, 1.54) is 0 Å². The summed E-state index contributed by atoms with van der Waals surface area (Å²) in [4.78, 5) is 6.87. The van der Waals surface area contributed by atoms with Gasteiger partial charge >= 0.3 is 0 Å². The molecule has 0 saturated carbocycles. The number of aromatic nitrogens is 1. The molecule has 100 valence electrons. The zero-order valence-electron chi connectivity index (χ0n) is 11.4. The number of piperidine rings is 1. The Morgan fingerprint density at radius 1 is 1.39 bits per heavy atom. The van der Waals surface area contributed by atoms with Gasteiger partial charge < -0.3 is 14.7 Å². The Balaban J connectivity index is 2.23. The van der Waals surface area contributed by atoms with Gasteiger partial charge in [-0.25, -0.2) is 4.98 Å². The van der Waals surface area contributed by atoms with Gasteiger partial charge in [0, 0.05) is 31.5 Å². The predicted molar refractivity (Wildman–Crippen MR) is 71.9 cm³/mol. The molecule has 0 aromatic carbocycles. The maximum absolute atomic E-state index is 9.53. The molecule has 2 rings (SSSR count). The van der Waals surface area contributed by atoms with E-state index in [-0.39, 0.29) is 6.61 Å². The molecule has 0 spiro atoms. The molecule has 1 aromatic rings. The van der Waals surface area contributed by atoms with Crippen molar-refractivity contribution >= 4 is 5.82 Å². The average Bonchev–Trinajstić information content (AvgIpc) is 2.38. The van der Waals surface area contributed by atoms with Gasteiger partial charge in [0.05, 0.1) is 12.7 Å². The summed E-state index contributed by atoms with van der Waals surface area (Å²) in [7, 11) is 1.77. The van der Waals surface area contributed by atoms with Crippen LogP contribution in [-0.4, -0.2) is 36.4 Å². The van der Waals surface area contributed by atoms with Crippen molar-refractivity contribution in [1.82, 2.24) is 4.98 Å². The maximum atomic E-state index is 9.53. The SMILES string of the molecule is COC1CCN(c2nc(C)cc(C)c2CO)CC1. The molecule has 0 atom stereocenters. The number of aliphatic hydroxyl groups excluding tert-OH is 1. The van der Waals surface area contributed by atoms with E-state index in [9.17, 15) is 5.11 Å². The first kappa shape index (κ1) is 13.3. The molecule has 1 N–H and O–H groups in total. The number of hydrogen-bond donors (Lipinski definition) is 1. The minimum Gasteiger partial charge on any atom is -0.392 e. The Hall–Kier alpha value is -1.13. The molecule has 1 aromatic heterocycles. The van der Waals surface area contributed by atoms with Crippen LogP contribution in [0.25, 0.3) is 0 Å². The third kappa shape index (κ3) is 2.65. The summed E-state index contributed by atoms with van der Waals surface area (Å²) < 4.78 is 5.38. The third-order valence-corrected chi connectivity index (χ3v) is 3.69. The molecule has 1 fully saturated rings. The van der Waals surface area contributed by atoms with E-state index in [0.717, 1.165) is 48.6 Å². The van der Waals surface area contributed by atoms with E-state index in [0.29, 0.717) is 6.10 Å². The number of aliphatic hydroxyl groups is 1. The van der Waals surface area contributed by atoms with Crippen molar-refractivity contribution in [3.8, 4) is 0 Å². The van der Waals surface area contributed by atoms with Crippen molar-refractivity contribution in [3.05, 3.63) is 22.9 Å². The van der Waals surface area contributed by atoms with Crippen LogP contribution in [0.3, 0.4) is 0 Å². The Bertz CT molecular complexity index is 413. The van der Waals surface area contributed by atoms with Crippen LogP contribution >= 0.6 is 0 Å². The molecule has 1 saturated heterocycles. The molecule has 0 amide bonds. The molecular formula is C14H22N2O2. The lowest BCUT2D eigenvalue weighted by Crippen LogP contribution is -2.37. The largest absolute Gasteiger partial charge is 0.392 e. The van der Waals surface area contributed by atoms with Crippen LogP contribution in [0.5, 0.6) is 0 Å². The number of methoxy groups -OCH3 is 1. The second kappa shape index (κ2) is 5.67. The third-order valence-electron chi connectivity index (χ3n) is 3.69. The number of ether oxygens (including phenoxy) is 1. The summed E-state index contributed by atoms with van der Waals surface area (Å²) in [6, 6.07) is 2.02. The van der Waals surface area contributed by atoms with Gasteiger partial charge in [-0.05, 0) is 38.3 Å². The number of aryl methyl sites for hydroxylation is 2. The summed E-state index contributed by atoms with van der Waals surface area (Å²) in [6.45, 7) is 5.98. The van der Waals surface area contributed by atoms with Gasteiger partial charge in [0.2, 0.25) is 0 Å². The van der Waals surface area contributed by atoms with Crippen molar-refractivity contribution < 1.29 is 9.84 Å². The van der Waals surface area contributed by atoms with Gasteiger partial charge in [-0.1, -0.05) is 0 Å². The van der Waals surface area contributed by atoms with E-state index >= 15 is 0 Å². The van der Waals surface area contributed by atoms with Crippen LogP contribution in [0.2, 0.25) is 0 Å². The first-order valence-corrected chi connectivity index (χ1v) is 6.51. The van der Waals surface area contributed by atoms with Crippen LogP contribution in [0.4, 0.5) is 5.82 Å². The van der Waals surface area contributed by atoms with Crippen molar-refractivity contribution in [1.29, 1.82) is 0 Å². The normalized spacial score (nSPS) is 17.2. The summed E-state index contributed by atoms with van der Waals surface area (Å²) in [5, 5.41) is 9.53. The van der Waals surface area contributed by atoms with E-state index in [2.05, 4.69) is 9.88 Å². The first-order chi connectivity index (χ1) is 8.65. The van der Waals surface area contributed by atoms with Crippen molar-refractivity contribution in [2.24, 2.45) is 0 Å². The molecule has 2 heterocycles. The lowest BCUT2D eigenvalue weighted by molar-refractivity contribution is 0.0817. The summed E-state index contributed by atoms with van der Waals surface area (Å²) in [5.74, 6) is 0.949. The van der Waals surface area contributed by atoms with Crippen molar-refractivity contribution in [2.45, 2.75) is 39.4 Å². The van der Waals surface area contributed by atoms with Crippen LogP contribution in [-0.2, 0) is 11.3 Å². The van der Waals surface area contributed by atoms with Crippen molar-refractivity contribution in [3.63, 3.8) is 0 Å². The first-order valence-electron chi connectivity index (χ1n) is 6.51. The summed E-state index contributed by atoms with van der Waals surface area (Å²) in [5.41, 5.74) is 3.08. The monoisotopic (exact) mass is 250 g/mol. The predicted octanol–water partition coefficient (Wildman–Crippen LogP) is 1.81. The summed E-state index contributed by atoms with van der Waals surface area (Å²) >= 11 is 0. The Morgan fingerprint density at radius 3 is 2.61 bits per heavy atom.